The van der Waals surface area contributed by atoms with Gasteiger partial charge in [0.05, 0.1) is 29.0 Å². The second-order valence-electron chi connectivity index (χ2n) is 9.80. The number of halogens is 1. The predicted octanol–water partition coefficient (Wildman–Crippen LogP) is 5.05. The molecule has 0 spiro atoms. The van der Waals surface area contributed by atoms with Crippen LogP contribution in [0.4, 0.5) is 26.2 Å². The molecule has 1 aromatic heterocycles. The fourth-order valence-electron chi connectivity index (χ4n) is 4.69. The highest BCUT2D eigenvalue weighted by Crippen LogP contribution is 2.33. The van der Waals surface area contributed by atoms with Gasteiger partial charge in [0.15, 0.2) is 5.88 Å². The van der Waals surface area contributed by atoms with Crippen LogP contribution in [-0.2, 0) is 9.53 Å². The van der Waals surface area contributed by atoms with Crippen LogP contribution >= 0.6 is 0 Å². The molecule has 5 rings (SSSR count). The molecule has 9 nitrogen and oxygen atoms in total. The molecule has 1 aliphatic heterocycles. The summed E-state index contributed by atoms with van der Waals surface area (Å²) < 4.78 is 19.0. The highest BCUT2D eigenvalue weighted by molar-refractivity contribution is 6.22. The van der Waals surface area contributed by atoms with Crippen LogP contribution in [0.2, 0.25) is 0 Å². The Labute approximate surface area is 231 Å². The molecule has 0 saturated carbocycles. The first-order chi connectivity index (χ1) is 19.2. The Kier molecular flexibility index (Phi) is 7.52. The van der Waals surface area contributed by atoms with Gasteiger partial charge < -0.3 is 24.6 Å². The Morgan fingerprint density at radius 3 is 2.42 bits per heavy atom. The van der Waals surface area contributed by atoms with E-state index in [9.17, 15) is 19.1 Å². The number of carbonyl (C=O) groups excluding carboxylic acids is 2. The molecule has 2 heterocycles. The van der Waals surface area contributed by atoms with Gasteiger partial charge in [-0.05, 0) is 68.7 Å². The maximum absolute atomic E-state index is 13.9. The van der Waals surface area contributed by atoms with Crippen LogP contribution in [-0.4, -0.2) is 73.0 Å². The van der Waals surface area contributed by atoms with Crippen molar-refractivity contribution in [2.24, 2.45) is 4.99 Å². The number of aromatic nitrogens is 1. The summed E-state index contributed by atoms with van der Waals surface area (Å²) in [7, 11) is 3.91. The number of carbonyl (C=O) groups is 2. The average molecular weight is 544 g/mol. The molecular formula is C30H30FN5O4. The van der Waals surface area contributed by atoms with Gasteiger partial charge in [-0.2, -0.15) is 0 Å². The minimum atomic E-state index is -0.430. The van der Waals surface area contributed by atoms with Crippen molar-refractivity contribution >= 4 is 45.7 Å². The number of ether oxygens (including phenoxy) is 1. The molecule has 10 heteroatoms. The normalized spacial score (nSPS) is 13.8. The van der Waals surface area contributed by atoms with Gasteiger partial charge in [-0.1, -0.05) is 12.1 Å². The number of aromatic hydroxyl groups is 1. The monoisotopic (exact) mass is 543 g/mol. The molecular weight excluding hydrogens is 513 g/mol. The molecule has 0 aliphatic carbocycles. The van der Waals surface area contributed by atoms with Gasteiger partial charge in [-0.15, -0.1) is 0 Å². The fourth-order valence-corrected chi connectivity index (χ4v) is 4.69. The summed E-state index contributed by atoms with van der Waals surface area (Å²) >= 11 is 0. The van der Waals surface area contributed by atoms with Crippen molar-refractivity contribution < 1.29 is 23.8 Å². The smallest absolute Gasteiger partial charge is 0.414 e. The number of anilines is 2. The van der Waals surface area contributed by atoms with Gasteiger partial charge in [-0.25, -0.2) is 14.2 Å². The van der Waals surface area contributed by atoms with Crippen molar-refractivity contribution in [2.45, 2.75) is 6.92 Å². The number of nitrogens with zero attached hydrogens (tertiary/aromatic N) is 4. The van der Waals surface area contributed by atoms with E-state index < -0.39 is 11.9 Å². The second-order valence-corrected chi connectivity index (χ2v) is 9.80. The van der Waals surface area contributed by atoms with E-state index in [1.807, 2.05) is 43.3 Å². The molecule has 2 N–H and O–H groups in total. The number of amides is 2. The zero-order valence-corrected chi connectivity index (χ0v) is 22.5. The van der Waals surface area contributed by atoms with Crippen molar-refractivity contribution in [2.75, 3.05) is 50.1 Å². The van der Waals surface area contributed by atoms with Crippen molar-refractivity contribution in [1.82, 2.24) is 9.88 Å². The molecule has 1 fully saturated rings. The van der Waals surface area contributed by atoms with Crippen molar-refractivity contribution in [1.29, 1.82) is 0 Å². The number of fused-ring (bicyclic) bond motifs is 1. The summed E-state index contributed by atoms with van der Waals surface area (Å²) in [5.41, 5.74) is 4.02. The van der Waals surface area contributed by atoms with E-state index in [-0.39, 0.29) is 11.8 Å². The van der Waals surface area contributed by atoms with E-state index in [2.05, 4.69) is 4.98 Å². The van der Waals surface area contributed by atoms with E-state index >= 15 is 0 Å². The lowest BCUT2D eigenvalue weighted by atomic mass is 10.00. The molecule has 40 heavy (non-hydrogen) atoms. The third-order valence-corrected chi connectivity index (χ3v) is 6.74. The van der Waals surface area contributed by atoms with Crippen LogP contribution in [0.15, 0.2) is 71.7 Å². The highest BCUT2D eigenvalue weighted by Gasteiger charge is 2.24. The average Bonchev–Trinajstić information content (AvgIpc) is 3.49. The molecule has 0 bridgehead atoms. The Bertz CT molecular complexity index is 1580. The molecule has 2 amide bonds. The van der Waals surface area contributed by atoms with Crippen molar-refractivity contribution in [3.8, 4) is 5.88 Å². The maximum atomic E-state index is 13.9. The number of H-pyrrole nitrogens is 1. The van der Waals surface area contributed by atoms with Gasteiger partial charge in [-0.3, -0.25) is 9.69 Å². The molecule has 4 aromatic rings. The second kappa shape index (κ2) is 11.2. The van der Waals surface area contributed by atoms with Crippen LogP contribution in [0.3, 0.4) is 0 Å². The number of cyclic esters (lactones) is 1. The van der Waals surface area contributed by atoms with E-state index in [0.29, 0.717) is 58.8 Å². The van der Waals surface area contributed by atoms with E-state index in [0.717, 1.165) is 12.2 Å². The van der Waals surface area contributed by atoms with E-state index in [1.54, 1.807) is 40.1 Å². The number of benzene rings is 3. The molecule has 0 radical (unpaired) electrons. The first-order valence-corrected chi connectivity index (χ1v) is 12.9. The predicted molar refractivity (Wildman–Crippen MR) is 153 cm³/mol. The fraction of sp³-hybridized carbons (Fsp3) is 0.233. The molecule has 0 atom stereocenters. The van der Waals surface area contributed by atoms with Crippen LogP contribution in [0, 0.1) is 5.82 Å². The minimum Gasteiger partial charge on any atom is -0.494 e. The standard InChI is InChI=1S/C30H30FN5O4/c1-19(37)35(15-14-34(2)3)23-11-7-22(8-12-23)32-28(27-25-13-6-21(31)18-26(25)33-29(27)38)20-4-9-24(10-5-20)36-16-17-40-30(36)39/h4-13,18,33,38H,14-17H2,1-3H3. The lowest BCUT2D eigenvalue weighted by Gasteiger charge is -2.23. The lowest BCUT2D eigenvalue weighted by molar-refractivity contribution is -0.116. The zero-order valence-electron chi connectivity index (χ0n) is 22.5. The van der Waals surface area contributed by atoms with Gasteiger partial charge >= 0.3 is 6.09 Å². The number of nitrogens with one attached hydrogen (secondary N) is 1. The topological polar surface area (TPSA) is 101 Å². The van der Waals surface area contributed by atoms with E-state index in [1.165, 1.54) is 19.1 Å². The minimum absolute atomic E-state index is 0.0586. The number of aromatic amines is 1. The summed E-state index contributed by atoms with van der Waals surface area (Å²) in [5.74, 6) is -0.633. The summed E-state index contributed by atoms with van der Waals surface area (Å²) in [6, 6.07) is 18.7. The number of rotatable bonds is 8. The number of hydrogen-bond acceptors (Lipinski definition) is 6. The molecule has 0 unspecified atom stereocenters. The van der Waals surface area contributed by atoms with Gasteiger partial charge in [0.25, 0.3) is 0 Å². The first kappa shape index (κ1) is 26.9. The Morgan fingerprint density at radius 2 is 1.80 bits per heavy atom. The lowest BCUT2D eigenvalue weighted by Crippen LogP contribution is -2.35. The van der Waals surface area contributed by atoms with Crippen LogP contribution in [0.25, 0.3) is 10.9 Å². The van der Waals surface area contributed by atoms with Gasteiger partial charge in [0, 0.05) is 42.3 Å². The van der Waals surface area contributed by atoms with Gasteiger partial charge in [0.1, 0.15) is 12.4 Å². The van der Waals surface area contributed by atoms with Crippen LogP contribution in [0.5, 0.6) is 5.88 Å². The summed E-state index contributed by atoms with van der Waals surface area (Å²) in [6.45, 7) is 3.60. The molecule has 1 saturated heterocycles. The SMILES string of the molecule is CC(=O)N(CCN(C)C)c1ccc(N=C(c2ccc(N3CCOC3=O)cc2)c2c(O)[nH]c3cc(F)ccc23)cc1. The quantitative estimate of drug-likeness (QED) is 0.303. The van der Waals surface area contributed by atoms with Gasteiger partial charge in [0.2, 0.25) is 5.91 Å². The third kappa shape index (κ3) is 5.52. The Hall–Kier alpha value is -4.70. The molecule has 3 aromatic carbocycles. The summed E-state index contributed by atoms with van der Waals surface area (Å²) in [4.78, 5) is 37.3. The summed E-state index contributed by atoms with van der Waals surface area (Å²) in [5, 5.41) is 11.5. The van der Waals surface area contributed by atoms with Crippen LogP contribution in [0.1, 0.15) is 18.1 Å². The largest absolute Gasteiger partial charge is 0.494 e. The highest BCUT2D eigenvalue weighted by atomic mass is 19.1. The van der Waals surface area contributed by atoms with Crippen molar-refractivity contribution in [3.05, 3.63) is 83.7 Å². The number of likely N-dealkylation sites (N-methyl/N-ethyl adjacent to an activating group) is 1. The van der Waals surface area contributed by atoms with E-state index in [4.69, 9.17) is 9.73 Å². The molecule has 1 aliphatic rings. The Morgan fingerprint density at radius 1 is 1.07 bits per heavy atom. The third-order valence-electron chi connectivity index (χ3n) is 6.74. The maximum Gasteiger partial charge on any atom is 0.414 e. The molecule has 206 valence electrons. The zero-order chi connectivity index (χ0) is 28.4. The van der Waals surface area contributed by atoms with Crippen LogP contribution < -0.4 is 9.80 Å². The summed E-state index contributed by atoms with van der Waals surface area (Å²) in [6.07, 6.45) is -0.400. The first-order valence-electron chi connectivity index (χ1n) is 12.9. The number of aliphatic imine (C=N–C) groups is 1. The number of hydrogen-bond donors (Lipinski definition) is 2. The Balaban J connectivity index is 1.56. The van der Waals surface area contributed by atoms with Crippen molar-refractivity contribution in [3.63, 3.8) is 0 Å².